The van der Waals surface area contributed by atoms with E-state index >= 15 is 0 Å². The number of aryl methyl sites for hydroxylation is 2. The van der Waals surface area contributed by atoms with Crippen molar-refractivity contribution in [3.8, 4) is 0 Å². The molecule has 0 saturated heterocycles. The Labute approximate surface area is 165 Å². The Balaban J connectivity index is 1.74. The Kier molecular flexibility index (Phi) is 4.78. The Hall–Kier alpha value is -4.01. The lowest BCUT2D eigenvalue weighted by molar-refractivity contribution is 0.655. The lowest BCUT2D eigenvalue weighted by Crippen LogP contribution is -2.39. The number of imidazole rings is 1. The SMILES string of the molecule is Cn1c(NN=Cc2ccccn2)nc2c1c(=O)n(Cc1ccccc1)c(=O)n2C. The molecule has 0 radical (unpaired) electrons. The van der Waals surface area contributed by atoms with E-state index in [4.69, 9.17) is 0 Å². The summed E-state index contributed by atoms with van der Waals surface area (Å²) in [5.41, 5.74) is 4.15. The summed E-state index contributed by atoms with van der Waals surface area (Å²) in [4.78, 5) is 34.3. The summed E-state index contributed by atoms with van der Waals surface area (Å²) in [7, 11) is 3.30. The number of pyridine rings is 1. The van der Waals surface area contributed by atoms with Crippen LogP contribution in [0.25, 0.3) is 11.2 Å². The number of hydrazone groups is 1. The molecule has 0 amide bonds. The van der Waals surface area contributed by atoms with E-state index < -0.39 is 11.2 Å². The van der Waals surface area contributed by atoms with E-state index in [-0.39, 0.29) is 6.54 Å². The largest absolute Gasteiger partial charge is 0.332 e. The smallest absolute Gasteiger partial charge is 0.306 e. The monoisotopic (exact) mass is 389 g/mol. The van der Waals surface area contributed by atoms with Crippen molar-refractivity contribution < 1.29 is 0 Å². The van der Waals surface area contributed by atoms with Crippen molar-refractivity contribution in [3.63, 3.8) is 0 Å². The Morgan fingerprint density at radius 3 is 2.52 bits per heavy atom. The minimum atomic E-state index is -0.423. The average Bonchev–Trinajstić information content (AvgIpc) is 3.08. The fourth-order valence-corrected chi connectivity index (χ4v) is 3.06. The second-order valence-electron chi connectivity index (χ2n) is 6.51. The number of nitrogens with zero attached hydrogens (tertiary/aromatic N) is 6. The van der Waals surface area contributed by atoms with Crippen LogP contribution in [0.3, 0.4) is 0 Å². The van der Waals surface area contributed by atoms with Crippen molar-refractivity contribution in [1.82, 2.24) is 23.7 Å². The van der Waals surface area contributed by atoms with Gasteiger partial charge in [-0.1, -0.05) is 36.4 Å². The van der Waals surface area contributed by atoms with Crippen molar-refractivity contribution in [2.75, 3.05) is 5.43 Å². The van der Waals surface area contributed by atoms with Crippen LogP contribution in [0.1, 0.15) is 11.3 Å². The van der Waals surface area contributed by atoms with Crippen LogP contribution < -0.4 is 16.7 Å². The van der Waals surface area contributed by atoms with Crippen molar-refractivity contribution in [2.24, 2.45) is 19.2 Å². The number of hydrogen-bond acceptors (Lipinski definition) is 6. The van der Waals surface area contributed by atoms with Crippen LogP contribution in [-0.4, -0.2) is 29.9 Å². The topological polar surface area (TPSA) is 99.1 Å². The van der Waals surface area contributed by atoms with Gasteiger partial charge in [-0.2, -0.15) is 10.1 Å². The molecule has 4 rings (SSSR count). The molecule has 146 valence electrons. The van der Waals surface area contributed by atoms with Gasteiger partial charge in [0.2, 0.25) is 5.95 Å². The fourth-order valence-electron chi connectivity index (χ4n) is 3.06. The summed E-state index contributed by atoms with van der Waals surface area (Å²) in [5.74, 6) is 0.344. The van der Waals surface area contributed by atoms with Gasteiger partial charge in [-0.25, -0.2) is 10.2 Å². The van der Waals surface area contributed by atoms with Gasteiger partial charge in [-0.3, -0.25) is 18.9 Å². The molecule has 0 spiro atoms. The van der Waals surface area contributed by atoms with Crippen LogP contribution >= 0.6 is 0 Å². The normalized spacial score (nSPS) is 11.4. The van der Waals surface area contributed by atoms with E-state index in [2.05, 4.69) is 20.5 Å². The predicted octanol–water partition coefficient (Wildman–Crippen LogP) is 1.32. The molecule has 9 heteroatoms. The van der Waals surface area contributed by atoms with Crippen molar-refractivity contribution in [3.05, 3.63) is 86.8 Å². The average molecular weight is 389 g/mol. The third-order valence-corrected chi connectivity index (χ3v) is 4.59. The minimum absolute atomic E-state index is 0.189. The van der Waals surface area contributed by atoms with Gasteiger partial charge in [0.25, 0.3) is 5.56 Å². The molecule has 0 aliphatic carbocycles. The first-order valence-corrected chi connectivity index (χ1v) is 8.96. The lowest BCUT2D eigenvalue weighted by atomic mass is 10.2. The molecule has 29 heavy (non-hydrogen) atoms. The van der Waals surface area contributed by atoms with Crippen LogP contribution in [0.15, 0.2) is 69.4 Å². The number of fused-ring (bicyclic) bond motifs is 1. The summed E-state index contributed by atoms with van der Waals surface area (Å²) in [6.45, 7) is 0.189. The summed E-state index contributed by atoms with van der Waals surface area (Å²) in [6.07, 6.45) is 3.22. The highest BCUT2D eigenvalue weighted by atomic mass is 16.2. The third kappa shape index (κ3) is 3.45. The van der Waals surface area contributed by atoms with Gasteiger partial charge in [-0.05, 0) is 17.7 Å². The highest BCUT2D eigenvalue weighted by Gasteiger charge is 2.18. The maximum atomic E-state index is 13.0. The van der Waals surface area contributed by atoms with E-state index in [1.807, 2.05) is 48.5 Å². The van der Waals surface area contributed by atoms with Gasteiger partial charge in [0.05, 0.1) is 18.5 Å². The number of benzene rings is 1. The Morgan fingerprint density at radius 2 is 1.79 bits per heavy atom. The van der Waals surface area contributed by atoms with Crippen LogP contribution in [0, 0.1) is 0 Å². The van der Waals surface area contributed by atoms with Gasteiger partial charge in [0, 0.05) is 20.3 Å². The van der Waals surface area contributed by atoms with Gasteiger partial charge in [-0.15, -0.1) is 0 Å². The van der Waals surface area contributed by atoms with Crippen molar-refractivity contribution >= 4 is 23.3 Å². The molecule has 3 aromatic heterocycles. The van der Waals surface area contributed by atoms with Gasteiger partial charge in [0.1, 0.15) is 0 Å². The molecule has 0 bridgehead atoms. The van der Waals surface area contributed by atoms with E-state index in [0.29, 0.717) is 22.8 Å². The summed E-state index contributed by atoms with van der Waals surface area (Å²) in [5, 5.41) is 4.12. The molecular formula is C20H19N7O2. The molecule has 0 aliphatic heterocycles. The minimum Gasteiger partial charge on any atom is -0.306 e. The molecule has 0 aliphatic rings. The second kappa shape index (κ2) is 7.55. The molecule has 3 heterocycles. The van der Waals surface area contributed by atoms with Crippen LogP contribution in [0.4, 0.5) is 5.95 Å². The summed E-state index contributed by atoms with van der Waals surface area (Å²) >= 11 is 0. The summed E-state index contributed by atoms with van der Waals surface area (Å²) in [6, 6.07) is 14.9. The van der Waals surface area contributed by atoms with Crippen LogP contribution in [0.2, 0.25) is 0 Å². The fraction of sp³-hybridized carbons (Fsp3) is 0.150. The van der Waals surface area contributed by atoms with E-state index in [1.54, 1.807) is 31.1 Å². The summed E-state index contributed by atoms with van der Waals surface area (Å²) < 4.78 is 4.17. The number of rotatable bonds is 5. The highest BCUT2D eigenvalue weighted by molar-refractivity contribution is 5.78. The zero-order valence-corrected chi connectivity index (χ0v) is 16.0. The molecular weight excluding hydrogens is 370 g/mol. The number of aromatic nitrogens is 5. The maximum Gasteiger partial charge on any atom is 0.332 e. The standard InChI is InChI=1S/C20H19N7O2/c1-25-16-17(23-19(25)24-22-12-15-10-6-7-11-21-15)26(2)20(29)27(18(16)28)13-14-8-4-3-5-9-14/h3-12H,13H2,1-2H3,(H,23,24). The van der Waals surface area contributed by atoms with Crippen molar-refractivity contribution in [1.29, 1.82) is 0 Å². The van der Waals surface area contributed by atoms with Crippen LogP contribution in [0.5, 0.6) is 0 Å². The van der Waals surface area contributed by atoms with E-state index in [9.17, 15) is 9.59 Å². The molecule has 0 atom stereocenters. The molecule has 0 saturated carbocycles. The van der Waals surface area contributed by atoms with E-state index in [0.717, 1.165) is 5.56 Å². The number of anilines is 1. The number of hydrogen-bond donors (Lipinski definition) is 1. The van der Waals surface area contributed by atoms with Gasteiger partial charge < -0.3 is 4.57 Å². The molecule has 0 unspecified atom stereocenters. The second-order valence-corrected chi connectivity index (χ2v) is 6.51. The molecule has 9 nitrogen and oxygen atoms in total. The highest BCUT2D eigenvalue weighted by Crippen LogP contribution is 2.13. The maximum absolute atomic E-state index is 13.0. The first-order chi connectivity index (χ1) is 14.1. The molecule has 4 aromatic rings. The number of nitrogens with one attached hydrogen (secondary N) is 1. The Bertz CT molecular complexity index is 1300. The first-order valence-electron chi connectivity index (χ1n) is 8.96. The third-order valence-electron chi connectivity index (χ3n) is 4.59. The molecule has 1 aromatic carbocycles. The zero-order chi connectivity index (χ0) is 20.4. The quantitative estimate of drug-likeness (QED) is 0.410. The molecule has 1 N–H and O–H groups in total. The lowest BCUT2D eigenvalue weighted by Gasteiger charge is -2.08. The van der Waals surface area contributed by atoms with Gasteiger partial charge >= 0.3 is 5.69 Å². The van der Waals surface area contributed by atoms with E-state index in [1.165, 1.54) is 9.13 Å². The van der Waals surface area contributed by atoms with Crippen molar-refractivity contribution in [2.45, 2.75) is 6.54 Å². The Morgan fingerprint density at radius 1 is 1.03 bits per heavy atom. The predicted molar refractivity (Wildman–Crippen MR) is 111 cm³/mol. The zero-order valence-electron chi connectivity index (χ0n) is 16.0. The van der Waals surface area contributed by atoms with Gasteiger partial charge in [0.15, 0.2) is 11.2 Å². The molecule has 0 fully saturated rings. The first kappa shape index (κ1) is 18.4. The van der Waals surface area contributed by atoms with Crippen LogP contribution in [-0.2, 0) is 20.6 Å².